The summed E-state index contributed by atoms with van der Waals surface area (Å²) in [6.07, 6.45) is 0. The fourth-order valence-corrected chi connectivity index (χ4v) is 2.16. The number of hydrogen-bond acceptors (Lipinski definition) is 4. The van der Waals surface area contributed by atoms with Crippen LogP contribution in [0.2, 0.25) is 0 Å². The topological polar surface area (TPSA) is 28.2 Å². The van der Waals surface area contributed by atoms with Crippen LogP contribution in [0.5, 0.6) is 0 Å². The van der Waals surface area contributed by atoms with Crippen molar-refractivity contribution in [3.63, 3.8) is 0 Å². The van der Waals surface area contributed by atoms with Gasteiger partial charge < -0.3 is 5.32 Å². The van der Waals surface area contributed by atoms with Crippen molar-refractivity contribution >= 4 is 11.3 Å². The van der Waals surface area contributed by atoms with Gasteiger partial charge in [0.05, 0.1) is 17.2 Å². The number of hydrogen-bond donors (Lipinski definition) is 1. The molecule has 2 rings (SSSR count). The minimum absolute atomic E-state index is 0.443. The molecule has 1 aliphatic heterocycles. The fourth-order valence-electron chi connectivity index (χ4n) is 1.51. The maximum atomic E-state index is 4.33. The summed E-state index contributed by atoms with van der Waals surface area (Å²) in [4.78, 5) is 6.73. The number of aromatic nitrogens is 1. The molecule has 1 atom stereocenters. The van der Waals surface area contributed by atoms with E-state index in [1.807, 2.05) is 5.51 Å². The van der Waals surface area contributed by atoms with Crippen LogP contribution in [-0.2, 0) is 0 Å². The molecular weight excluding hydrogens is 182 g/mol. The molecule has 0 aliphatic carbocycles. The first-order valence-electron chi connectivity index (χ1n) is 4.60. The number of nitrogens with one attached hydrogen (secondary N) is 1. The molecule has 72 valence electrons. The van der Waals surface area contributed by atoms with Crippen LogP contribution in [0.4, 0.5) is 0 Å². The Morgan fingerprint density at radius 2 is 2.46 bits per heavy atom. The quantitative estimate of drug-likeness (QED) is 0.786. The largest absolute Gasteiger partial charge is 0.314 e. The number of likely N-dealkylation sites (N-methyl/N-ethyl adjacent to an activating group) is 1. The van der Waals surface area contributed by atoms with Gasteiger partial charge in [-0.2, -0.15) is 0 Å². The van der Waals surface area contributed by atoms with E-state index in [1.165, 1.54) is 5.69 Å². The lowest BCUT2D eigenvalue weighted by atomic mass is 10.1. The van der Waals surface area contributed by atoms with Crippen molar-refractivity contribution < 1.29 is 0 Å². The molecule has 1 N–H and O–H groups in total. The fraction of sp³-hybridized carbons (Fsp3) is 0.667. The second kappa shape index (κ2) is 3.74. The third-order valence-electron chi connectivity index (χ3n) is 2.83. The Hall–Kier alpha value is -0.450. The van der Waals surface area contributed by atoms with Gasteiger partial charge in [-0.25, -0.2) is 4.98 Å². The molecule has 0 radical (unpaired) electrons. The SMILES string of the molecule is CC(c1cscn1)N(C)C1CNC1. The summed E-state index contributed by atoms with van der Waals surface area (Å²) in [5.74, 6) is 0. The van der Waals surface area contributed by atoms with Crippen LogP contribution in [0, 0.1) is 0 Å². The highest BCUT2D eigenvalue weighted by atomic mass is 32.1. The molecule has 1 unspecified atom stereocenters. The summed E-state index contributed by atoms with van der Waals surface area (Å²) in [5.41, 5.74) is 3.10. The number of rotatable bonds is 3. The van der Waals surface area contributed by atoms with Crippen molar-refractivity contribution in [1.82, 2.24) is 15.2 Å². The Kier molecular flexibility index (Phi) is 2.62. The maximum Gasteiger partial charge on any atom is 0.0795 e. The highest BCUT2D eigenvalue weighted by molar-refractivity contribution is 7.07. The van der Waals surface area contributed by atoms with Gasteiger partial charge >= 0.3 is 0 Å². The Bertz CT molecular complexity index is 256. The standard InChI is InChI=1S/C9H15N3S/c1-7(9-5-13-6-11-9)12(2)8-3-10-4-8/h5-8,10H,3-4H2,1-2H3. The van der Waals surface area contributed by atoms with Gasteiger partial charge in [0.25, 0.3) is 0 Å². The highest BCUT2D eigenvalue weighted by Crippen LogP contribution is 2.21. The average molecular weight is 197 g/mol. The lowest BCUT2D eigenvalue weighted by Crippen LogP contribution is -2.56. The Balaban J connectivity index is 1.99. The Morgan fingerprint density at radius 3 is 2.92 bits per heavy atom. The van der Waals surface area contributed by atoms with Crippen LogP contribution in [0.25, 0.3) is 0 Å². The smallest absolute Gasteiger partial charge is 0.0795 e. The predicted molar refractivity (Wildman–Crippen MR) is 54.9 cm³/mol. The first-order valence-corrected chi connectivity index (χ1v) is 5.54. The van der Waals surface area contributed by atoms with E-state index >= 15 is 0 Å². The molecular formula is C9H15N3S. The third-order valence-corrected chi connectivity index (χ3v) is 3.43. The maximum absolute atomic E-state index is 4.33. The molecule has 1 saturated heterocycles. The number of nitrogens with zero attached hydrogens (tertiary/aromatic N) is 2. The number of thiazole rings is 1. The Labute approximate surface area is 82.8 Å². The summed E-state index contributed by atoms with van der Waals surface area (Å²) >= 11 is 1.67. The van der Waals surface area contributed by atoms with E-state index in [4.69, 9.17) is 0 Å². The summed E-state index contributed by atoms with van der Waals surface area (Å²) < 4.78 is 0. The lowest BCUT2D eigenvalue weighted by molar-refractivity contribution is 0.134. The first kappa shape index (κ1) is 9.12. The van der Waals surface area contributed by atoms with Crippen molar-refractivity contribution in [1.29, 1.82) is 0 Å². The van der Waals surface area contributed by atoms with Crippen LogP contribution in [0.1, 0.15) is 18.7 Å². The minimum atomic E-state index is 0.443. The van der Waals surface area contributed by atoms with Gasteiger partial charge in [0.2, 0.25) is 0 Å². The van der Waals surface area contributed by atoms with Gasteiger partial charge in [-0.05, 0) is 14.0 Å². The lowest BCUT2D eigenvalue weighted by Gasteiger charge is -2.38. The van der Waals surface area contributed by atoms with E-state index in [0.717, 1.165) is 13.1 Å². The van der Waals surface area contributed by atoms with Crippen LogP contribution in [0.3, 0.4) is 0 Å². The van der Waals surface area contributed by atoms with Crippen LogP contribution < -0.4 is 5.32 Å². The van der Waals surface area contributed by atoms with Crippen molar-refractivity contribution in [2.75, 3.05) is 20.1 Å². The zero-order valence-electron chi connectivity index (χ0n) is 8.03. The van der Waals surface area contributed by atoms with E-state index in [-0.39, 0.29) is 0 Å². The normalized spacial score (nSPS) is 20.2. The van der Waals surface area contributed by atoms with Crippen LogP contribution in [-0.4, -0.2) is 36.1 Å². The van der Waals surface area contributed by atoms with E-state index in [2.05, 4.69) is 34.6 Å². The van der Waals surface area contributed by atoms with Crippen molar-refractivity contribution in [2.24, 2.45) is 0 Å². The molecule has 0 saturated carbocycles. The van der Waals surface area contributed by atoms with E-state index in [0.29, 0.717) is 12.1 Å². The monoisotopic (exact) mass is 197 g/mol. The van der Waals surface area contributed by atoms with Crippen molar-refractivity contribution in [3.8, 4) is 0 Å². The van der Waals surface area contributed by atoms with Gasteiger partial charge in [0.1, 0.15) is 0 Å². The minimum Gasteiger partial charge on any atom is -0.314 e. The molecule has 3 nitrogen and oxygen atoms in total. The van der Waals surface area contributed by atoms with Crippen molar-refractivity contribution in [3.05, 3.63) is 16.6 Å². The third kappa shape index (κ3) is 1.75. The molecule has 1 aliphatic rings. The van der Waals surface area contributed by atoms with Gasteiger partial charge in [-0.3, -0.25) is 4.90 Å². The van der Waals surface area contributed by atoms with Crippen molar-refractivity contribution in [2.45, 2.75) is 19.0 Å². The van der Waals surface area contributed by atoms with E-state index < -0.39 is 0 Å². The van der Waals surface area contributed by atoms with Gasteiger partial charge in [-0.15, -0.1) is 11.3 Å². The summed E-state index contributed by atoms with van der Waals surface area (Å²) in [5, 5.41) is 5.42. The Morgan fingerprint density at radius 1 is 1.69 bits per heavy atom. The molecule has 0 spiro atoms. The molecule has 0 amide bonds. The summed E-state index contributed by atoms with van der Waals surface area (Å²) in [7, 11) is 2.18. The molecule has 13 heavy (non-hydrogen) atoms. The molecule has 0 aromatic carbocycles. The highest BCUT2D eigenvalue weighted by Gasteiger charge is 2.26. The molecule has 2 heterocycles. The van der Waals surface area contributed by atoms with Gasteiger partial charge in [0.15, 0.2) is 0 Å². The second-order valence-corrected chi connectivity index (χ2v) is 4.29. The second-order valence-electron chi connectivity index (χ2n) is 3.57. The zero-order valence-corrected chi connectivity index (χ0v) is 8.84. The van der Waals surface area contributed by atoms with Crippen LogP contribution >= 0.6 is 11.3 Å². The zero-order chi connectivity index (χ0) is 9.26. The van der Waals surface area contributed by atoms with Crippen LogP contribution in [0.15, 0.2) is 10.9 Å². The van der Waals surface area contributed by atoms with Gasteiger partial charge in [-0.1, -0.05) is 0 Å². The van der Waals surface area contributed by atoms with E-state index in [1.54, 1.807) is 11.3 Å². The van der Waals surface area contributed by atoms with E-state index in [9.17, 15) is 0 Å². The average Bonchev–Trinajstić information content (AvgIpc) is 2.51. The molecule has 1 fully saturated rings. The summed E-state index contributed by atoms with van der Waals surface area (Å²) in [6.45, 7) is 4.45. The molecule has 1 aromatic rings. The predicted octanol–water partition coefficient (Wildman–Crippen LogP) is 1.11. The molecule has 4 heteroatoms. The van der Waals surface area contributed by atoms with Gasteiger partial charge in [0, 0.05) is 24.5 Å². The summed E-state index contributed by atoms with van der Waals surface area (Å²) in [6, 6.07) is 1.13. The molecule has 0 bridgehead atoms. The molecule has 1 aromatic heterocycles. The first-order chi connectivity index (χ1) is 6.29.